The molecule has 1 saturated heterocycles. The number of anilines is 1. The van der Waals surface area contributed by atoms with Gasteiger partial charge in [-0.2, -0.15) is 0 Å². The third-order valence-corrected chi connectivity index (χ3v) is 6.51. The Labute approximate surface area is 152 Å². The first-order chi connectivity index (χ1) is 12.5. The van der Waals surface area contributed by atoms with Gasteiger partial charge in [0.1, 0.15) is 0 Å². The number of fused-ring (bicyclic) bond motifs is 1. The van der Waals surface area contributed by atoms with Gasteiger partial charge in [-0.1, -0.05) is 30.3 Å². The molecule has 26 heavy (non-hydrogen) atoms. The quantitative estimate of drug-likeness (QED) is 0.810. The number of carbonyl (C=O) groups is 2. The maximum absolute atomic E-state index is 12.9. The molecule has 0 saturated carbocycles. The summed E-state index contributed by atoms with van der Waals surface area (Å²) in [4.78, 5) is 26.6. The summed E-state index contributed by atoms with van der Waals surface area (Å²) in [6, 6.07) is 14.3. The molecule has 6 nitrogen and oxygen atoms in total. The van der Waals surface area contributed by atoms with E-state index in [1.807, 2.05) is 18.2 Å². The number of hydrogen-bond acceptors (Lipinski definition) is 4. The zero-order chi connectivity index (χ0) is 18.3. The van der Waals surface area contributed by atoms with Crippen LogP contribution in [0.5, 0.6) is 0 Å². The summed E-state index contributed by atoms with van der Waals surface area (Å²) in [6.07, 6.45) is 0.768. The van der Waals surface area contributed by atoms with Gasteiger partial charge < -0.3 is 4.90 Å². The Kier molecular flexibility index (Phi) is 4.03. The molecule has 0 unspecified atom stereocenters. The van der Waals surface area contributed by atoms with E-state index in [2.05, 4.69) is 6.07 Å². The highest BCUT2D eigenvalue weighted by Gasteiger charge is 2.36. The Morgan fingerprint density at radius 2 is 1.73 bits per heavy atom. The van der Waals surface area contributed by atoms with Crippen molar-refractivity contribution in [3.63, 3.8) is 0 Å². The van der Waals surface area contributed by atoms with Crippen molar-refractivity contribution < 1.29 is 18.0 Å². The molecular weight excluding hydrogens is 352 g/mol. The van der Waals surface area contributed by atoms with E-state index in [4.69, 9.17) is 0 Å². The predicted molar refractivity (Wildman–Crippen MR) is 97.2 cm³/mol. The summed E-state index contributed by atoms with van der Waals surface area (Å²) in [7, 11) is -3.64. The normalized spacial score (nSPS) is 18.7. The molecule has 2 amide bonds. The third-order valence-electron chi connectivity index (χ3n) is 4.82. The van der Waals surface area contributed by atoms with E-state index in [-0.39, 0.29) is 23.8 Å². The van der Waals surface area contributed by atoms with Crippen LogP contribution in [-0.4, -0.2) is 37.4 Å². The molecule has 0 atom stereocenters. The highest BCUT2D eigenvalue weighted by molar-refractivity contribution is 7.94. The second-order valence-electron chi connectivity index (χ2n) is 6.52. The summed E-state index contributed by atoms with van der Waals surface area (Å²) in [5, 5.41) is 0. The number of rotatable bonds is 2. The largest absolute Gasteiger partial charge is 0.334 e. The maximum Gasteiger partial charge on any atom is 0.254 e. The number of hydrogen-bond donors (Lipinski definition) is 0. The van der Waals surface area contributed by atoms with Crippen molar-refractivity contribution in [1.29, 1.82) is 0 Å². The van der Waals surface area contributed by atoms with Crippen LogP contribution in [0.4, 0.5) is 5.69 Å². The van der Waals surface area contributed by atoms with E-state index in [1.54, 1.807) is 23.1 Å². The summed E-state index contributed by atoms with van der Waals surface area (Å²) in [6.45, 7) is 1.14. The van der Waals surface area contributed by atoms with Crippen molar-refractivity contribution in [2.24, 2.45) is 0 Å². The highest BCUT2D eigenvalue weighted by atomic mass is 32.2. The van der Waals surface area contributed by atoms with E-state index in [0.717, 1.165) is 16.3 Å². The molecule has 0 spiro atoms. The molecule has 0 radical (unpaired) electrons. The average molecular weight is 370 g/mol. The lowest BCUT2D eigenvalue weighted by molar-refractivity contribution is -0.116. The van der Waals surface area contributed by atoms with E-state index < -0.39 is 15.9 Å². The average Bonchev–Trinajstić information content (AvgIpc) is 2.93. The van der Waals surface area contributed by atoms with Gasteiger partial charge in [0.25, 0.3) is 5.91 Å². The first-order valence-electron chi connectivity index (χ1n) is 8.48. The third kappa shape index (κ3) is 2.88. The maximum atomic E-state index is 12.9. The molecule has 0 N–H and O–H groups in total. The lowest BCUT2D eigenvalue weighted by Gasteiger charge is -2.29. The second-order valence-corrected chi connectivity index (χ2v) is 8.46. The lowest BCUT2D eigenvalue weighted by Crippen LogP contribution is -2.36. The van der Waals surface area contributed by atoms with Gasteiger partial charge in [-0.15, -0.1) is 0 Å². The van der Waals surface area contributed by atoms with E-state index >= 15 is 0 Å². The van der Waals surface area contributed by atoms with Crippen molar-refractivity contribution in [2.75, 3.05) is 16.6 Å². The van der Waals surface area contributed by atoms with Crippen molar-refractivity contribution in [2.45, 2.75) is 19.4 Å². The topological polar surface area (TPSA) is 74.8 Å². The molecule has 4 rings (SSSR count). The molecular formula is C19H18N2O4S. The van der Waals surface area contributed by atoms with Crippen molar-refractivity contribution in [1.82, 2.24) is 4.90 Å². The van der Waals surface area contributed by atoms with Crippen LogP contribution >= 0.6 is 0 Å². The fourth-order valence-corrected chi connectivity index (χ4v) is 4.94. The molecule has 0 bridgehead atoms. The minimum absolute atomic E-state index is 0.0244. The molecule has 134 valence electrons. The Bertz CT molecular complexity index is 1000. The lowest BCUT2D eigenvalue weighted by atomic mass is 9.99. The van der Waals surface area contributed by atoms with Gasteiger partial charge in [0.15, 0.2) is 0 Å². The van der Waals surface area contributed by atoms with Gasteiger partial charge in [0.2, 0.25) is 15.9 Å². The van der Waals surface area contributed by atoms with Crippen molar-refractivity contribution in [3.8, 4) is 0 Å². The fraction of sp³-hybridized carbons (Fsp3) is 0.263. The summed E-state index contributed by atoms with van der Waals surface area (Å²) >= 11 is 0. The van der Waals surface area contributed by atoms with Crippen molar-refractivity contribution >= 4 is 27.5 Å². The molecule has 2 heterocycles. The molecule has 2 aliphatic rings. The summed E-state index contributed by atoms with van der Waals surface area (Å²) < 4.78 is 25.0. The minimum atomic E-state index is -3.64. The zero-order valence-corrected chi connectivity index (χ0v) is 14.9. The first kappa shape index (κ1) is 16.8. The molecule has 1 fully saturated rings. The number of amides is 2. The van der Waals surface area contributed by atoms with Gasteiger partial charge >= 0.3 is 0 Å². The van der Waals surface area contributed by atoms with E-state index in [1.165, 1.54) is 11.6 Å². The second kappa shape index (κ2) is 6.25. The van der Waals surface area contributed by atoms with Crippen LogP contribution < -0.4 is 4.31 Å². The molecule has 0 aliphatic carbocycles. The molecule has 2 aliphatic heterocycles. The van der Waals surface area contributed by atoms with E-state index in [0.29, 0.717) is 18.7 Å². The van der Waals surface area contributed by atoms with Gasteiger partial charge in [-0.3, -0.25) is 9.59 Å². The van der Waals surface area contributed by atoms with Gasteiger partial charge in [-0.05, 0) is 35.7 Å². The summed E-state index contributed by atoms with van der Waals surface area (Å²) in [5.41, 5.74) is 2.99. The van der Waals surface area contributed by atoms with Crippen LogP contribution in [0, 0.1) is 0 Å². The first-order valence-corrected chi connectivity index (χ1v) is 10.1. The van der Waals surface area contributed by atoms with Gasteiger partial charge in [-0.25, -0.2) is 12.7 Å². The SMILES string of the molecule is O=C(c1cccc(N2C(=O)CCS2(=O)=O)c1)N1CCc2ccccc2C1. The Morgan fingerprint density at radius 3 is 2.46 bits per heavy atom. The molecule has 0 aromatic heterocycles. The van der Waals surface area contributed by atoms with Crippen LogP contribution in [0.25, 0.3) is 0 Å². The van der Waals surface area contributed by atoms with Gasteiger partial charge in [0.05, 0.1) is 11.4 Å². The van der Waals surface area contributed by atoms with Crippen LogP contribution in [0.15, 0.2) is 48.5 Å². The fourth-order valence-electron chi connectivity index (χ4n) is 3.49. The standard InChI is InChI=1S/C19H18N2O4S/c22-18-9-11-26(24,25)21(18)17-7-3-6-15(12-17)19(23)20-10-8-14-4-1-2-5-16(14)13-20/h1-7,12H,8-11,13H2. The minimum Gasteiger partial charge on any atom is -0.334 e. The van der Waals surface area contributed by atoms with Crippen LogP contribution in [-0.2, 0) is 27.8 Å². The van der Waals surface area contributed by atoms with Crippen molar-refractivity contribution in [3.05, 3.63) is 65.2 Å². The summed E-state index contributed by atoms with van der Waals surface area (Å²) in [5.74, 6) is -0.806. The number of carbonyl (C=O) groups excluding carboxylic acids is 2. The van der Waals surface area contributed by atoms with Gasteiger partial charge in [0, 0.05) is 25.1 Å². The Hall–Kier alpha value is -2.67. The monoisotopic (exact) mass is 370 g/mol. The number of benzene rings is 2. The zero-order valence-electron chi connectivity index (χ0n) is 14.1. The number of nitrogens with zero attached hydrogens (tertiary/aromatic N) is 2. The molecule has 2 aromatic carbocycles. The Balaban J connectivity index is 1.61. The van der Waals surface area contributed by atoms with Crippen LogP contribution in [0.1, 0.15) is 27.9 Å². The predicted octanol–water partition coefficient (Wildman–Crippen LogP) is 1.95. The smallest absolute Gasteiger partial charge is 0.254 e. The van der Waals surface area contributed by atoms with Crippen LogP contribution in [0.2, 0.25) is 0 Å². The number of sulfonamides is 1. The van der Waals surface area contributed by atoms with Crippen LogP contribution in [0.3, 0.4) is 0 Å². The molecule has 2 aromatic rings. The Morgan fingerprint density at radius 1 is 0.962 bits per heavy atom. The highest BCUT2D eigenvalue weighted by Crippen LogP contribution is 2.27. The van der Waals surface area contributed by atoms with E-state index in [9.17, 15) is 18.0 Å². The molecule has 7 heteroatoms.